The van der Waals surface area contributed by atoms with E-state index in [-0.39, 0.29) is 41.7 Å². The number of carbonyl (C=O) groups excluding carboxylic acids is 1. The van der Waals surface area contributed by atoms with Crippen LogP contribution in [0.25, 0.3) is 0 Å². The van der Waals surface area contributed by atoms with Crippen LogP contribution >= 0.6 is 22.6 Å². The smallest absolute Gasteiger partial charge is 0.339 e. The zero-order chi connectivity index (χ0) is 21.8. The minimum atomic E-state index is -1.09. The van der Waals surface area contributed by atoms with Gasteiger partial charge in [-0.1, -0.05) is 12.1 Å². The molecule has 1 saturated heterocycles. The summed E-state index contributed by atoms with van der Waals surface area (Å²) in [6.07, 6.45) is 0. The number of carboxylic acids is 1. The fraction of sp³-hybridized carbons (Fsp3) is 0.364. The van der Waals surface area contributed by atoms with Gasteiger partial charge in [0.2, 0.25) is 0 Å². The lowest BCUT2D eigenvalue weighted by molar-refractivity contribution is -0.139. The van der Waals surface area contributed by atoms with Crippen LogP contribution in [0, 0.1) is 9.39 Å². The van der Waals surface area contributed by atoms with Crippen molar-refractivity contribution in [1.29, 1.82) is 0 Å². The Labute approximate surface area is 188 Å². The summed E-state index contributed by atoms with van der Waals surface area (Å²) in [7, 11) is 0. The lowest BCUT2D eigenvalue weighted by Crippen LogP contribution is -2.58. The van der Waals surface area contributed by atoms with E-state index in [0.717, 1.165) is 9.13 Å². The summed E-state index contributed by atoms with van der Waals surface area (Å²) in [6.45, 7) is 5.75. The summed E-state index contributed by atoms with van der Waals surface area (Å²) in [5.74, 6) is -1.33. The first kappa shape index (κ1) is 22.5. The molecular weight excluding hydrogens is 502 g/mol. The lowest BCUT2D eigenvalue weighted by Gasteiger charge is -2.44. The number of piperazine rings is 1. The summed E-state index contributed by atoms with van der Waals surface area (Å²) >= 11 is 2.03. The van der Waals surface area contributed by atoms with Crippen molar-refractivity contribution in [2.45, 2.75) is 32.5 Å². The van der Waals surface area contributed by atoms with E-state index in [1.807, 2.05) is 29.5 Å². The molecule has 1 aliphatic heterocycles. The Morgan fingerprint density at radius 3 is 2.50 bits per heavy atom. The van der Waals surface area contributed by atoms with Crippen LogP contribution < -0.4 is 4.74 Å². The molecule has 1 aliphatic rings. The highest BCUT2D eigenvalue weighted by Gasteiger charge is 2.32. The third-order valence-corrected chi connectivity index (χ3v) is 5.93. The Morgan fingerprint density at radius 2 is 1.83 bits per heavy atom. The average molecular weight is 526 g/mol. The summed E-state index contributed by atoms with van der Waals surface area (Å²) in [4.78, 5) is 28.2. The van der Waals surface area contributed by atoms with Crippen LogP contribution in [0.4, 0.5) is 4.39 Å². The standard InChI is InChI=1S/C22H24FIN2O4/c1-14-11-26(15(2)10-25(14)12-16-3-5-17(23)6-4-16)21(27)13-30-20-8-7-18(24)9-19(20)22(28)29/h3-9,14-15H,10-13H2,1-2H3,(H,28,29)/t14-,15+/m0/s1. The number of halogens is 2. The van der Waals surface area contributed by atoms with Gasteiger partial charge in [-0.15, -0.1) is 0 Å². The second-order valence-corrected chi connectivity index (χ2v) is 8.78. The number of amides is 1. The van der Waals surface area contributed by atoms with Gasteiger partial charge in [-0.05, 0) is 72.3 Å². The molecule has 1 heterocycles. The van der Waals surface area contributed by atoms with Gasteiger partial charge in [0.1, 0.15) is 17.1 Å². The molecule has 30 heavy (non-hydrogen) atoms. The molecule has 1 N–H and O–H groups in total. The summed E-state index contributed by atoms with van der Waals surface area (Å²) in [5, 5.41) is 9.34. The normalized spacial score (nSPS) is 19.5. The van der Waals surface area contributed by atoms with Gasteiger partial charge in [0, 0.05) is 35.3 Å². The van der Waals surface area contributed by atoms with Crippen LogP contribution in [0.15, 0.2) is 42.5 Å². The average Bonchev–Trinajstić information content (AvgIpc) is 2.70. The number of ether oxygens (including phenoxy) is 1. The minimum absolute atomic E-state index is 0.0200. The molecule has 6 nitrogen and oxygen atoms in total. The monoisotopic (exact) mass is 526 g/mol. The largest absolute Gasteiger partial charge is 0.483 e. The van der Waals surface area contributed by atoms with Crippen LogP contribution in [0.2, 0.25) is 0 Å². The first-order valence-electron chi connectivity index (χ1n) is 9.68. The van der Waals surface area contributed by atoms with E-state index in [9.17, 15) is 19.1 Å². The summed E-state index contributed by atoms with van der Waals surface area (Å²) in [5.41, 5.74) is 1.07. The van der Waals surface area contributed by atoms with Crippen molar-refractivity contribution in [1.82, 2.24) is 9.80 Å². The quantitative estimate of drug-likeness (QED) is 0.583. The van der Waals surface area contributed by atoms with E-state index in [1.54, 1.807) is 29.2 Å². The number of nitrogens with zero attached hydrogens (tertiary/aromatic N) is 2. The van der Waals surface area contributed by atoms with Crippen LogP contribution in [0.1, 0.15) is 29.8 Å². The van der Waals surface area contributed by atoms with Crippen LogP contribution in [-0.4, -0.2) is 58.6 Å². The number of carboxylic acid groups (broad SMARTS) is 1. The molecule has 1 amide bonds. The predicted molar refractivity (Wildman–Crippen MR) is 119 cm³/mol. The fourth-order valence-electron chi connectivity index (χ4n) is 3.61. The SMILES string of the molecule is C[C@@H]1CN(Cc2ccc(F)cc2)[C@@H](C)CN1C(=O)COc1ccc(I)cc1C(=O)O. The van der Waals surface area contributed by atoms with Gasteiger partial charge < -0.3 is 14.7 Å². The van der Waals surface area contributed by atoms with Gasteiger partial charge in [-0.25, -0.2) is 9.18 Å². The van der Waals surface area contributed by atoms with E-state index in [0.29, 0.717) is 19.6 Å². The van der Waals surface area contributed by atoms with Gasteiger partial charge in [-0.3, -0.25) is 9.69 Å². The highest BCUT2D eigenvalue weighted by molar-refractivity contribution is 14.1. The van der Waals surface area contributed by atoms with Crippen molar-refractivity contribution in [2.75, 3.05) is 19.7 Å². The van der Waals surface area contributed by atoms with Crippen molar-refractivity contribution < 1.29 is 23.8 Å². The minimum Gasteiger partial charge on any atom is -0.483 e. The Hall–Kier alpha value is -2.20. The Kier molecular flexibility index (Phi) is 7.30. The zero-order valence-electron chi connectivity index (χ0n) is 16.8. The van der Waals surface area contributed by atoms with E-state index in [2.05, 4.69) is 11.8 Å². The molecular formula is C22H24FIN2O4. The molecule has 3 rings (SSSR count). The van der Waals surface area contributed by atoms with Gasteiger partial charge in [0.15, 0.2) is 6.61 Å². The highest BCUT2D eigenvalue weighted by atomic mass is 127. The number of hydrogen-bond acceptors (Lipinski definition) is 4. The van der Waals surface area contributed by atoms with Gasteiger partial charge >= 0.3 is 5.97 Å². The molecule has 2 atom stereocenters. The van der Waals surface area contributed by atoms with Crippen molar-refractivity contribution in [3.05, 3.63) is 63.0 Å². The van der Waals surface area contributed by atoms with Crippen LogP contribution in [0.3, 0.4) is 0 Å². The molecule has 0 unspecified atom stereocenters. The molecule has 0 saturated carbocycles. The fourth-order valence-corrected chi connectivity index (χ4v) is 4.10. The molecule has 1 fully saturated rings. The second-order valence-electron chi connectivity index (χ2n) is 7.53. The lowest BCUT2D eigenvalue weighted by atomic mass is 10.1. The molecule has 8 heteroatoms. The van der Waals surface area contributed by atoms with Crippen molar-refractivity contribution in [3.63, 3.8) is 0 Å². The molecule has 0 bridgehead atoms. The molecule has 0 radical (unpaired) electrons. The number of benzene rings is 2. The number of aromatic carboxylic acids is 1. The van der Waals surface area contributed by atoms with Crippen molar-refractivity contribution >= 4 is 34.5 Å². The molecule has 0 aromatic heterocycles. The van der Waals surface area contributed by atoms with Crippen molar-refractivity contribution in [2.24, 2.45) is 0 Å². The van der Waals surface area contributed by atoms with E-state index < -0.39 is 5.97 Å². The zero-order valence-corrected chi connectivity index (χ0v) is 19.0. The molecule has 0 spiro atoms. The van der Waals surface area contributed by atoms with E-state index in [4.69, 9.17) is 4.74 Å². The highest BCUT2D eigenvalue weighted by Crippen LogP contribution is 2.23. The molecule has 2 aromatic carbocycles. The van der Waals surface area contributed by atoms with Gasteiger partial charge in [0.05, 0.1) is 0 Å². The summed E-state index contributed by atoms with van der Waals surface area (Å²) in [6, 6.07) is 11.4. The maximum absolute atomic E-state index is 13.1. The number of hydrogen-bond donors (Lipinski definition) is 1. The third kappa shape index (κ3) is 5.48. The third-order valence-electron chi connectivity index (χ3n) is 5.26. The predicted octanol–water partition coefficient (Wildman–Crippen LogP) is 3.63. The Bertz CT molecular complexity index is 922. The second kappa shape index (κ2) is 9.74. The maximum Gasteiger partial charge on any atom is 0.339 e. The van der Waals surface area contributed by atoms with Crippen LogP contribution in [0.5, 0.6) is 5.75 Å². The number of rotatable bonds is 6. The van der Waals surface area contributed by atoms with E-state index >= 15 is 0 Å². The first-order valence-corrected chi connectivity index (χ1v) is 10.8. The summed E-state index contributed by atoms with van der Waals surface area (Å²) < 4.78 is 19.5. The first-order chi connectivity index (χ1) is 14.2. The molecule has 160 valence electrons. The molecule has 2 aromatic rings. The maximum atomic E-state index is 13.1. The topological polar surface area (TPSA) is 70.1 Å². The van der Waals surface area contributed by atoms with Crippen molar-refractivity contribution in [3.8, 4) is 5.75 Å². The van der Waals surface area contributed by atoms with Gasteiger partial charge in [0.25, 0.3) is 5.91 Å². The molecule has 0 aliphatic carbocycles. The van der Waals surface area contributed by atoms with E-state index in [1.165, 1.54) is 18.2 Å². The van der Waals surface area contributed by atoms with Crippen LogP contribution in [-0.2, 0) is 11.3 Å². The Balaban J connectivity index is 1.60. The Morgan fingerprint density at radius 1 is 1.13 bits per heavy atom. The van der Waals surface area contributed by atoms with Gasteiger partial charge in [-0.2, -0.15) is 0 Å². The number of carbonyl (C=O) groups is 2.